The second kappa shape index (κ2) is 6.14. The molecule has 0 saturated carbocycles. The molecule has 3 nitrogen and oxygen atoms in total. The summed E-state index contributed by atoms with van der Waals surface area (Å²) in [4.78, 5) is 12.6. The Morgan fingerprint density at radius 3 is 2.74 bits per heavy atom. The molecule has 2 aromatic rings. The van der Waals surface area contributed by atoms with Crippen LogP contribution in [0.5, 0.6) is 0 Å². The third kappa shape index (κ3) is 3.41. The predicted octanol–water partition coefficient (Wildman–Crippen LogP) is 2.45. The topological polar surface area (TPSA) is 55.1 Å². The molecule has 1 heterocycles. The third-order valence-corrected chi connectivity index (χ3v) is 3.21. The van der Waals surface area contributed by atoms with E-state index in [2.05, 4.69) is 17.2 Å². The summed E-state index contributed by atoms with van der Waals surface area (Å²) >= 11 is 1.30. The van der Waals surface area contributed by atoms with Crippen LogP contribution in [0.4, 0.5) is 10.1 Å². The second-order valence-corrected chi connectivity index (χ2v) is 4.55. The van der Waals surface area contributed by atoms with Crippen molar-refractivity contribution in [2.24, 2.45) is 5.73 Å². The number of nitrogens with one attached hydrogen (secondary N) is 1. The van der Waals surface area contributed by atoms with Crippen LogP contribution in [-0.2, 0) is 0 Å². The van der Waals surface area contributed by atoms with E-state index in [4.69, 9.17) is 5.73 Å². The molecule has 0 saturated heterocycles. The lowest BCUT2D eigenvalue weighted by Crippen LogP contribution is -2.11. The van der Waals surface area contributed by atoms with E-state index >= 15 is 0 Å². The molecule has 0 radical (unpaired) electrons. The van der Waals surface area contributed by atoms with Gasteiger partial charge in [0, 0.05) is 11.3 Å². The predicted molar refractivity (Wildman–Crippen MR) is 74.6 cm³/mol. The van der Waals surface area contributed by atoms with Gasteiger partial charge < -0.3 is 11.1 Å². The zero-order valence-electron chi connectivity index (χ0n) is 9.94. The highest BCUT2D eigenvalue weighted by Crippen LogP contribution is 2.18. The lowest BCUT2D eigenvalue weighted by Gasteiger charge is -2.03. The smallest absolute Gasteiger partial charge is 0.267 e. The minimum atomic E-state index is -0.344. The molecular weight excluding hydrogens is 263 g/mol. The summed E-state index contributed by atoms with van der Waals surface area (Å²) in [5.41, 5.74) is 6.49. The van der Waals surface area contributed by atoms with Gasteiger partial charge in [0.2, 0.25) is 0 Å². The van der Waals surface area contributed by atoms with E-state index < -0.39 is 0 Å². The maximum atomic E-state index is 12.8. The second-order valence-electron chi connectivity index (χ2n) is 3.63. The normalized spacial score (nSPS) is 9.58. The molecule has 1 amide bonds. The number of hydrogen-bond donors (Lipinski definition) is 2. The van der Waals surface area contributed by atoms with Crippen LogP contribution in [0.1, 0.15) is 15.2 Å². The van der Waals surface area contributed by atoms with Crippen molar-refractivity contribution < 1.29 is 9.18 Å². The zero-order valence-corrected chi connectivity index (χ0v) is 10.8. The number of hydrogen-bond acceptors (Lipinski definition) is 3. The van der Waals surface area contributed by atoms with Crippen molar-refractivity contribution in [3.8, 4) is 11.8 Å². The summed E-state index contributed by atoms with van der Waals surface area (Å²) in [6, 6.07) is 7.36. The van der Waals surface area contributed by atoms with Crippen LogP contribution in [0.25, 0.3) is 0 Å². The molecule has 1 aromatic heterocycles. The van der Waals surface area contributed by atoms with E-state index in [1.54, 1.807) is 11.4 Å². The average Bonchev–Trinajstić information content (AvgIpc) is 2.87. The number of anilines is 1. The van der Waals surface area contributed by atoms with E-state index in [0.717, 1.165) is 0 Å². The van der Waals surface area contributed by atoms with Crippen LogP contribution in [0.3, 0.4) is 0 Å². The molecule has 3 N–H and O–H groups in total. The maximum Gasteiger partial charge on any atom is 0.267 e. The standard InChI is InChI=1S/C14H11FN2OS/c15-11-3-5-12(6-4-11)17-14(18)13-10(2-1-8-16)7-9-19-13/h3-7,9H,8,16H2,(H,17,18). The van der Waals surface area contributed by atoms with Crippen LogP contribution in [0.2, 0.25) is 0 Å². The van der Waals surface area contributed by atoms with Gasteiger partial charge >= 0.3 is 0 Å². The van der Waals surface area contributed by atoms with Gasteiger partial charge in [0.1, 0.15) is 10.7 Å². The summed E-state index contributed by atoms with van der Waals surface area (Å²) in [5, 5.41) is 4.49. The maximum absolute atomic E-state index is 12.8. The summed E-state index contributed by atoms with van der Waals surface area (Å²) in [7, 11) is 0. The molecule has 1 aromatic carbocycles. The molecule has 0 aliphatic rings. The molecular formula is C14H11FN2OS. The fourth-order valence-electron chi connectivity index (χ4n) is 1.45. The van der Waals surface area contributed by atoms with Gasteiger partial charge in [-0.2, -0.15) is 0 Å². The number of carbonyl (C=O) groups is 1. The molecule has 2 rings (SSSR count). The van der Waals surface area contributed by atoms with Crippen molar-refractivity contribution >= 4 is 22.9 Å². The summed E-state index contributed by atoms with van der Waals surface area (Å²) in [6.45, 7) is 0.245. The van der Waals surface area contributed by atoms with E-state index in [1.807, 2.05) is 0 Å². The summed E-state index contributed by atoms with van der Waals surface area (Å²) in [6.07, 6.45) is 0. The van der Waals surface area contributed by atoms with Crippen molar-refractivity contribution in [2.45, 2.75) is 0 Å². The van der Waals surface area contributed by atoms with Crippen molar-refractivity contribution in [1.82, 2.24) is 0 Å². The number of carbonyl (C=O) groups excluding carboxylic acids is 1. The van der Waals surface area contributed by atoms with Gasteiger partial charge in [0.25, 0.3) is 5.91 Å². The molecule has 0 bridgehead atoms. The summed E-state index contributed by atoms with van der Waals surface area (Å²) in [5.74, 6) is 4.95. The lowest BCUT2D eigenvalue weighted by molar-refractivity contribution is 0.103. The van der Waals surface area contributed by atoms with Crippen LogP contribution >= 0.6 is 11.3 Å². The van der Waals surface area contributed by atoms with Crippen molar-refractivity contribution in [3.05, 3.63) is 52.0 Å². The van der Waals surface area contributed by atoms with Gasteiger partial charge in [-0.15, -0.1) is 11.3 Å². The Labute approximate surface area is 114 Å². The monoisotopic (exact) mass is 274 g/mol. The number of thiophene rings is 1. The Morgan fingerprint density at radius 2 is 2.05 bits per heavy atom. The van der Waals surface area contributed by atoms with Gasteiger partial charge in [-0.3, -0.25) is 4.79 Å². The SMILES string of the molecule is NCC#Cc1ccsc1C(=O)Nc1ccc(F)cc1. The first-order valence-electron chi connectivity index (χ1n) is 5.54. The fraction of sp³-hybridized carbons (Fsp3) is 0.0714. The molecule has 96 valence electrons. The Kier molecular flexibility index (Phi) is 4.29. The number of nitrogens with two attached hydrogens (primary N) is 1. The van der Waals surface area contributed by atoms with Crippen molar-refractivity contribution in [3.63, 3.8) is 0 Å². The van der Waals surface area contributed by atoms with E-state index in [-0.39, 0.29) is 18.3 Å². The van der Waals surface area contributed by atoms with Crippen LogP contribution in [-0.4, -0.2) is 12.5 Å². The largest absolute Gasteiger partial charge is 0.321 e. The molecule has 19 heavy (non-hydrogen) atoms. The van der Waals surface area contributed by atoms with Gasteiger partial charge in [0.05, 0.1) is 6.54 Å². The highest BCUT2D eigenvalue weighted by atomic mass is 32.1. The van der Waals surface area contributed by atoms with Gasteiger partial charge in [-0.1, -0.05) is 11.8 Å². The number of halogens is 1. The Balaban J connectivity index is 2.16. The van der Waals surface area contributed by atoms with Crippen LogP contribution < -0.4 is 11.1 Å². The van der Waals surface area contributed by atoms with Gasteiger partial charge in [-0.25, -0.2) is 4.39 Å². The third-order valence-electron chi connectivity index (χ3n) is 2.30. The first-order valence-corrected chi connectivity index (χ1v) is 6.42. The van der Waals surface area contributed by atoms with Crippen molar-refractivity contribution in [1.29, 1.82) is 0 Å². The Hall–Kier alpha value is -2.16. The quantitative estimate of drug-likeness (QED) is 0.826. The molecule has 0 atom stereocenters. The number of rotatable bonds is 2. The number of benzene rings is 1. The minimum absolute atomic E-state index is 0.245. The molecule has 0 spiro atoms. The molecule has 5 heteroatoms. The fourth-order valence-corrected chi connectivity index (χ4v) is 2.20. The highest BCUT2D eigenvalue weighted by molar-refractivity contribution is 7.12. The zero-order chi connectivity index (χ0) is 13.7. The van der Waals surface area contributed by atoms with Crippen LogP contribution in [0, 0.1) is 17.7 Å². The van der Waals surface area contributed by atoms with E-state index in [1.165, 1.54) is 35.6 Å². The molecule has 0 aliphatic carbocycles. The first-order chi connectivity index (χ1) is 9.20. The average molecular weight is 274 g/mol. The minimum Gasteiger partial charge on any atom is -0.321 e. The Bertz CT molecular complexity index is 637. The van der Waals surface area contributed by atoms with E-state index in [0.29, 0.717) is 16.1 Å². The van der Waals surface area contributed by atoms with Gasteiger partial charge in [0.15, 0.2) is 0 Å². The van der Waals surface area contributed by atoms with Gasteiger partial charge in [-0.05, 0) is 35.7 Å². The van der Waals surface area contributed by atoms with Crippen molar-refractivity contribution in [2.75, 3.05) is 11.9 Å². The molecule has 0 unspecified atom stereocenters. The highest BCUT2D eigenvalue weighted by Gasteiger charge is 2.12. The van der Waals surface area contributed by atoms with Crippen LogP contribution in [0.15, 0.2) is 35.7 Å². The van der Waals surface area contributed by atoms with E-state index in [9.17, 15) is 9.18 Å². The molecule has 0 fully saturated rings. The lowest BCUT2D eigenvalue weighted by atomic mass is 10.2. The molecule has 0 aliphatic heterocycles. The first kappa shape index (κ1) is 13.3. The summed E-state index contributed by atoms with van der Waals surface area (Å²) < 4.78 is 12.8. The number of amides is 1. The Morgan fingerprint density at radius 1 is 1.32 bits per heavy atom.